The summed E-state index contributed by atoms with van der Waals surface area (Å²) in [7, 11) is 0. The fraction of sp³-hybridized carbons (Fsp3) is 0.300. The molecule has 1 rings (SSSR count). The van der Waals surface area contributed by atoms with Crippen molar-refractivity contribution in [3.63, 3.8) is 0 Å². The van der Waals surface area contributed by atoms with Gasteiger partial charge in [-0.05, 0) is 5.56 Å². The summed E-state index contributed by atoms with van der Waals surface area (Å²) in [5.41, 5.74) is 1.04. The second-order valence-electron chi connectivity index (χ2n) is 2.14. The summed E-state index contributed by atoms with van der Waals surface area (Å²) in [6.07, 6.45) is 0.485. The topological polar surface area (TPSA) is 32.6 Å². The Labute approximate surface area is 83.8 Å². The third-order valence-corrected chi connectivity index (χ3v) is 1.51. The molecule has 1 aromatic rings. The number of hydrogen-bond donors (Lipinski definition) is 1. The SMILES string of the molecule is CC.O/N=C(/Cl)Cc1ccccc1. The first kappa shape index (κ1) is 12.0. The molecule has 0 saturated heterocycles. The van der Waals surface area contributed by atoms with Crippen LogP contribution in [0.25, 0.3) is 0 Å². The lowest BCUT2D eigenvalue weighted by molar-refractivity contribution is 0.319. The van der Waals surface area contributed by atoms with E-state index in [0.717, 1.165) is 5.56 Å². The Hall–Kier alpha value is -1.02. The molecule has 1 N–H and O–H groups in total. The molecule has 0 radical (unpaired) electrons. The smallest absolute Gasteiger partial charge is 0.149 e. The first-order valence-electron chi connectivity index (χ1n) is 4.23. The van der Waals surface area contributed by atoms with Gasteiger partial charge in [0.25, 0.3) is 0 Å². The standard InChI is InChI=1S/C8H8ClNO.C2H6/c9-8(10-11)6-7-4-2-1-3-5-7;1-2/h1-5,11H,6H2;1-2H3/b10-8+;. The van der Waals surface area contributed by atoms with Gasteiger partial charge >= 0.3 is 0 Å². The molecule has 0 aliphatic rings. The van der Waals surface area contributed by atoms with E-state index in [4.69, 9.17) is 16.8 Å². The van der Waals surface area contributed by atoms with E-state index in [-0.39, 0.29) is 5.17 Å². The molecular weight excluding hydrogens is 186 g/mol. The fourth-order valence-corrected chi connectivity index (χ4v) is 0.954. The van der Waals surface area contributed by atoms with Crippen LogP contribution < -0.4 is 0 Å². The highest BCUT2D eigenvalue weighted by molar-refractivity contribution is 6.65. The van der Waals surface area contributed by atoms with E-state index in [1.807, 2.05) is 44.2 Å². The minimum atomic E-state index is 0.205. The van der Waals surface area contributed by atoms with Crippen LogP contribution in [0.5, 0.6) is 0 Å². The number of rotatable bonds is 2. The van der Waals surface area contributed by atoms with Gasteiger partial charge in [0.05, 0.1) is 0 Å². The van der Waals surface area contributed by atoms with Crippen molar-refractivity contribution < 1.29 is 5.21 Å². The van der Waals surface area contributed by atoms with E-state index in [2.05, 4.69) is 5.16 Å². The Bertz CT molecular complexity index is 246. The number of oxime groups is 1. The third kappa shape index (κ3) is 5.26. The predicted molar refractivity (Wildman–Crippen MR) is 56.6 cm³/mol. The highest BCUT2D eigenvalue weighted by Crippen LogP contribution is 2.02. The van der Waals surface area contributed by atoms with E-state index in [1.165, 1.54) is 0 Å². The van der Waals surface area contributed by atoms with Crippen LogP contribution in [0.2, 0.25) is 0 Å². The lowest BCUT2D eigenvalue weighted by atomic mass is 10.2. The Morgan fingerprint density at radius 2 is 1.85 bits per heavy atom. The fourth-order valence-electron chi connectivity index (χ4n) is 0.800. The molecule has 0 fully saturated rings. The summed E-state index contributed by atoms with van der Waals surface area (Å²) >= 11 is 5.50. The van der Waals surface area contributed by atoms with Gasteiger partial charge in [-0.25, -0.2) is 0 Å². The van der Waals surface area contributed by atoms with Crippen LogP contribution in [0.15, 0.2) is 35.5 Å². The number of halogens is 1. The zero-order valence-electron chi connectivity index (χ0n) is 7.87. The molecule has 0 aliphatic carbocycles. The highest BCUT2D eigenvalue weighted by atomic mass is 35.5. The molecule has 1 aromatic carbocycles. The normalized spacial score (nSPS) is 10.2. The van der Waals surface area contributed by atoms with Gasteiger partial charge in [0.2, 0.25) is 0 Å². The molecule has 0 amide bonds. The minimum Gasteiger partial charge on any atom is -0.410 e. The van der Waals surface area contributed by atoms with Crippen LogP contribution in [-0.2, 0) is 6.42 Å². The Balaban J connectivity index is 0.000000671. The lowest BCUT2D eigenvalue weighted by Gasteiger charge is -1.95. The first-order valence-corrected chi connectivity index (χ1v) is 4.61. The maximum absolute atomic E-state index is 8.25. The van der Waals surface area contributed by atoms with Crippen LogP contribution in [0, 0.1) is 0 Å². The summed E-state index contributed by atoms with van der Waals surface area (Å²) in [6, 6.07) is 9.60. The molecule has 0 atom stereocenters. The summed E-state index contributed by atoms with van der Waals surface area (Å²) < 4.78 is 0. The van der Waals surface area contributed by atoms with Gasteiger partial charge in [-0.3, -0.25) is 0 Å². The molecule has 0 unspecified atom stereocenters. The Morgan fingerprint density at radius 3 is 2.31 bits per heavy atom. The van der Waals surface area contributed by atoms with Crippen LogP contribution in [0.1, 0.15) is 19.4 Å². The molecule has 13 heavy (non-hydrogen) atoms. The Kier molecular flexibility index (Phi) is 7.02. The largest absolute Gasteiger partial charge is 0.410 e. The quantitative estimate of drug-likeness (QED) is 0.443. The van der Waals surface area contributed by atoms with Crippen molar-refractivity contribution in [3.8, 4) is 0 Å². The van der Waals surface area contributed by atoms with Crippen molar-refractivity contribution >= 4 is 16.8 Å². The summed E-state index contributed by atoms with van der Waals surface area (Å²) in [5.74, 6) is 0. The average molecular weight is 200 g/mol. The summed E-state index contributed by atoms with van der Waals surface area (Å²) in [6.45, 7) is 4.00. The Morgan fingerprint density at radius 1 is 1.31 bits per heavy atom. The van der Waals surface area contributed by atoms with Crippen molar-refractivity contribution in [2.75, 3.05) is 0 Å². The molecule has 2 nitrogen and oxygen atoms in total. The zero-order chi connectivity index (χ0) is 10.1. The highest BCUT2D eigenvalue weighted by Gasteiger charge is 1.95. The number of nitrogens with zero attached hydrogens (tertiary/aromatic N) is 1. The molecule has 72 valence electrons. The molecule has 0 bridgehead atoms. The number of benzene rings is 1. The van der Waals surface area contributed by atoms with E-state index in [1.54, 1.807) is 0 Å². The summed E-state index contributed by atoms with van der Waals surface area (Å²) in [5, 5.41) is 11.3. The minimum absolute atomic E-state index is 0.205. The van der Waals surface area contributed by atoms with Crippen molar-refractivity contribution in [1.29, 1.82) is 0 Å². The molecule has 0 saturated carbocycles. The van der Waals surface area contributed by atoms with E-state index >= 15 is 0 Å². The molecule has 3 heteroatoms. The van der Waals surface area contributed by atoms with Gasteiger partial charge in [0.1, 0.15) is 5.17 Å². The van der Waals surface area contributed by atoms with Crippen LogP contribution >= 0.6 is 11.6 Å². The molecular formula is C10H14ClNO. The van der Waals surface area contributed by atoms with Crippen molar-refractivity contribution in [3.05, 3.63) is 35.9 Å². The van der Waals surface area contributed by atoms with Gasteiger partial charge in [0.15, 0.2) is 0 Å². The van der Waals surface area contributed by atoms with Gasteiger partial charge in [-0.15, -0.1) is 0 Å². The number of hydrogen-bond acceptors (Lipinski definition) is 2. The molecule has 0 aromatic heterocycles. The van der Waals surface area contributed by atoms with Crippen LogP contribution in [-0.4, -0.2) is 10.4 Å². The van der Waals surface area contributed by atoms with Crippen molar-refractivity contribution in [2.24, 2.45) is 5.16 Å². The van der Waals surface area contributed by atoms with Crippen LogP contribution in [0.3, 0.4) is 0 Å². The van der Waals surface area contributed by atoms with Crippen molar-refractivity contribution in [2.45, 2.75) is 20.3 Å². The van der Waals surface area contributed by atoms with Gasteiger partial charge in [0, 0.05) is 6.42 Å². The van der Waals surface area contributed by atoms with E-state index < -0.39 is 0 Å². The molecule has 0 heterocycles. The van der Waals surface area contributed by atoms with E-state index in [0.29, 0.717) is 6.42 Å². The van der Waals surface area contributed by atoms with E-state index in [9.17, 15) is 0 Å². The monoisotopic (exact) mass is 199 g/mol. The maximum atomic E-state index is 8.25. The first-order chi connectivity index (χ1) is 6.33. The summed E-state index contributed by atoms with van der Waals surface area (Å²) in [4.78, 5) is 0. The molecule has 0 spiro atoms. The average Bonchev–Trinajstić information content (AvgIpc) is 2.22. The van der Waals surface area contributed by atoms with Gasteiger partial charge in [-0.1, -0.05) is 60.9 Å². The van der Waals surface area contributed by atoms with Gasteiger partial charge < -0.3 is 5.21 Å². The zero-order valence-corrected chi connectivity index (χ0v) is 8.62. The predicted octanol–water partition coefficient (Wildman–Crippen LogP) is 3.28. The van der Waals surface area contributed by atoms with Crippen LogP contribution in [0.4, 0.5) is 0 Å². The second kappa shape index (κ2) is 7.62. The molecule has 0 aliphatic heterocycles. The van der Waals surface area contributed by atoms with Crippen molar-refractivity contribution in [1.82, 2.24) is 0 Å². The maximum Gasteiger partial charge on any atom is 0.149 e. The van der Waals surface area contributed by atoms with Gasteiger partial charge in [-0.2, -0.15) is 0 Å². The second-order valence-corrected chi connectivity index (χ2v) is 2.57. The third-order valence-electron chi connectivity index (χ3n) is 1.30. The lowest BCUT2D eigenvalue weighted by Crippen LogP contribution is -1.93.